The molecule has 134 valence electrons. The van der Waals surface area contributed by atoms with Crippen molar-refractivity contribution in [1.82, 2.24) is 4.90 Å². The van der Waals surface area contributed by atoms with Gasteiger partial charge in [-0.15, -0.1) is 12.4 Å². The lowest BCUT2D eigenvalue weighted by Gasteiger charge is -2.39. The molecule has 26 heavy (non-hydrogen) atoms. The van der Waals surface area contributed by atoms with Crippen molar-refractivity contribution in [2.75, 3.05) is 19.6 Å². The summed E-state index contributed by atoms with van der Waals surface area (Å²) in [5.74, 6) is 0.560. The molecule has 1 aliphatic heterocycles. The molecule has 0 amide bonds. The van der Waals surface area contributed by atoms with Gasteiger partial charge in [0, 0.05) is 31.0 Å². The third kappa shape index (κ3) is 2.46. The van der Waals surface area contributed by atoms with E-state index < -0.39 is 0 Å². The number of isocyanates is 1. The Balaban J connectivity index is 0.00000168. The second-order valence-corrected chi connectivity index (χ2v) is 7.74. The summed E-state index contributed by atoms with van der Waals surface area (Å²) in [7, 11) is 0. The number of carbonyl (C=O) groups excluding carboxylic acids is 1. The minimum atomic E-state index is 0. The Bertz CT molecular complexity index is 818. The van der Waals surface area contributed by atoms with E-state index in [1.807, 2.05) is 0 Å². The molecule has 2 bridgehead atoms. The quantitative estimate of drug-likeness (QED) is 0.606. The molecule has 3 nitrogen and oxygen atoms in total. The molecule has 0 spiro atoms. The van der Waals surface area contributed by atoms with E-state index in [0.29, 0.717) is 5.92 Å². The van der Waals surface area contributed by atoms with Crippen molar-refractivity contribution in [3.05, 3.63) is 70.8 Å². The standard InChI is InChI=1S/C22H22N2O.ClH/c25-15-23-16-9-11-24(12-10-16)14-22-13-19(17-5-1-3-7-20(17)22)18-6-2-4-8-21(18)22;/h1-8,16,19H,9-14H2;1H. The Kier molecular flexibility index (Phi) is 4.48. The van der Waals surface area contributed by atoms with E-state index in [1.165, 1.54) is 28.7 Å². The van der Waals surface area contributed by atoms with Gasteiger partial charge in [0.2, 0.25) is 6.08 Å². The van der Waals surface area contributed by atoms with Crippen molar-refractivity contribution >= 4 is 18.5 Å². The highest BCUT2D eigenvalue weighted by Gasteiger charge is 2.53. The van der Waals surface area contributed by atoms with E-state index in [-0.39, 0.29) is 23.9 Å². The van der Waals surface area contributed by atoms with Gasteiger partial charge in [-0.05, 0) is 41.5 Å². The molecule has 2 aromatic rings. The first-order valence-corrected chi connectivity index (χ1v) is 9.30. The van der Waals surface area contributed by atoms with Gasteiger partial charge in [0.05, 0.1) is 6.04 Å². The second-order valence-electron chi connectivity index (χ2n) is 7.74. The summed E-state index contributed by atoms with van der Waals surface area (Å²) in [6.07, 6.45) is 4.88. The molecule has 0 saturated carbocycles. The van der Waals surface area contributed by atoms with Crippen LogP contribution in [0.2, 0.25) is 0 Å². The average molecular weight is 367 g/mol. The van der Waals surface area contributed by atoms with E-state index in [9.17, 15) is 4.79 Å². The Hall–Kier alpha value is -1.93. The molecule has 1 heterocycles. The molecule has 1 saturated heterocycles. The van der Waals surface area contributed by atoms with Crippen molar-refractivity contribution in [2.45, 2.75) is 36.6 Å². The zero-order valence-electron chi connectivity index (χ0n) is 14.7. The van der Waals surface area contributed by atoms with Gasteiger partial charge < -0.3 is 4.90 Å². The van der Waals surface area contributed by atoms with E-state index in [2.05, 4.69) is 58.4 Å². The second kappa shape index (κ2) is 6.66. The summed E-state index contributed by atoms with van der Waals surface area (Å²) in [5.41, 5.74) is 6.26. The summed E-state index contributed by atoms with van der Waals surface area (Å²) in [5, 5.41) is 0. The van der Waals surface area contributed by atoms with Gasteiger partial charge in [0.15, 0.2) is 0 Å². The first-order valence-electron chi connectivity index (χ1n) is 9.30. The summed E-state index contributed by atoms with van der Waals surface area (Å²) in [4.78, 5) is 17.0. The van der Waals surface area contributed by atoms with Gasteiger partial charge in [-0.25, -0.2) is 9.79 Å². The highest BCUT2D eigenvalue weighted by atomic mass is 35.5. The van der Waals surface area contributed by atoms with Gasteiger partial charge in [-0.3, -0.25) is 0 Å². The van der Waals surface area contributed by atoms with Crippen LogP contribution in [0.15, 0.2) is 53.5 Å². The molecule has 0 radical (unpaired) electrons. The molecule has 0 unspecified atom stereocenters. The predicted octanol–water partition coefficient (Wildman–Crippen LogP) is 4.04. The average Bonchev–Trinajstić information content (AvgIpc) is 3.16. The van der Waals surface area contributed by atoms with Crippen LogP contribution in [0.25, 0.3) is 0 Å². The fourth-order valence-electron chi connectivity index (χ4n) is 5.47. The third-order valence-corrected chi connectivity index (χ3v) is 6.54. The van der Waals surface area contributed by atoms with Crippen molar-refractivity contribution < 1.29 is 4.79 Å². The fraction of sp³-hybridized carbons (Fsp3) is 0.409. The maximum atomic E-state index is 10.5. The molecule has 0 N–H and O–H groups in total. The molecule has 5 rings (SSSR count). The maximum Gasteiger partial charge on any atom is 0.235 e. The van der Waals surface area contributed by atoms with E-state index in [0.717, 1.165) is 32.5 Å². The molecule has 0 aromatic heterocycles. The summed E-state index contributed by atoms with van der Waals surface area (Å²) >= 11 is 0. The van der Waals surface area contributed by atoms with Crippen molar-refractivity contribution in [1.29, 1.82) is 0 Å². The van der Waals surface area contributed by atoms with E-state index >= 15 is 0 Å². The van der Waals surface area contributed by atoms with E-state index in [4.69, 9.17) is 0 Å². The van der Waals surface area contributed by atoms with Crippen molar-refractivity contribution in [3.8, 4) is 0 Å². The van der Waals surface area contributed by atoms with Gasteiger partial charge in [-0.1, -0.05) is 48.5 Å². The van der Waals surface area contributed by atoms with Crippen LogP contribution in [0.1, 0.15) is 47.4 Å². The lowest BCUT2D eigenvalue weighted by atomic mass is 9.74. The molecule has 2 aliphatic carbocycles. The number of fused-ring (bicyclic) bond motifs is 8. The van der Waals surface area contributed by atoms with Crippen LogP contribution in [0, 0.1) is 0 Å². The molecular formula is C22H23ClN2O. The monoisotopic (exact) mass is 366 g/mol. The Morgan fingerprint density at radius 2 is 1.58 bits per heavy atom. The highest BCUT2D eigenvalue weighted by molar-refractivity contribution is 5.85. The smallest absolute Gasteiger partial charge is 0.235 e. The van der Waals surface area contributed by atoms with Crippen LogP contribution in [0.3, 0.4) is 0 Å². The maximum absolute atomic E-state index is 10.5. The van der Waals surface area contributed by atoms with Crippen molar-refractivity contribution in [2.24, 2.45) is 4.99 Å². The Morgan fingerprint density at radius 3 is 2.15 bits per heavy atom. The van der Waals surface area contributed by atoms with Crippen molar-refractivity contribution in [3.63, 3.8) is 0 Å². The first kappa shape index (κ1) is 17.5. The normalized spacial score (nSPS) is 26.5. The zero-order chi connectivity index (χ0) is 16.9. The Labute approximate surface area is 160 Å². The zero-order valence-corrected chi connectivity index (χ0v) is 15.5. The fourth-order valence-corrected chi connectivity index (χ4v) is 5.47. The number of hydrogen-bond acceptors (Lipinski definition) is 3. The number of likely N-dealkylation sites (tertiary alicyclic amines) is 1. The topological polar surface area (TPSA) is 32.7 Å². The number of hydrogen-bond donors (Lipinski definition) is 0. The van der Waals surface area contributed by atoms with Gasteiger partial charge in [0.25, 0.3) is 0 Å². The van der Waals surface area contributed by atoms with Crippen LogP contribution in [-0.2, 0) is 10.2 Å². The largest absolute Gasteiger partial charge is 0.302 e. The Morgan fingerprint density at radius 1 is 1.00 bits per heavy atom. The lowest BCUT2D eigenvalue weighted by molar-refractivity contribution is 0.182. The number of rotatable bonds is 3. The number of halogens is 1. The third-order valence-electron chi connectivity index (χ3n) is 6.54. The number of benzene rings is 2. The summed E-state index contributed by atoms with van der Waals surface area (Å²) < 4.78 is 0. The molecule has 4 heteroatoms. The van der Waals surface area contributed by atoms with Crippen LogP contribution in [-0.4, -0.2) is 36.7 Å². The van der Waals surface area contributed by atoms with Crippen LogP contribution in [0.5, 0.6) is 0 Å². The number of nitrogens with zero attached hydrogens (tertiary/aromatic N) is 2. The van der Waals surface area contributed by atoms with E-state index in [1.54, 1.807) is 6.08 Å². The number of aliphatic imine (C=N–C) groups is 1. The van der Waals surface area contributed by atoms with Crippen LogP contribution in [0.4, 0.5) is 0 Å². The first-order chi connectivity index (χ1) is 12.3. The summed E-state index contributed by atoms with van der Waals surface area (Å²) in [6.45, 7) is 3.12. The molecule has 0 atom stereocenters. The predicted molar refractivity (Wildman–Crippen MR) is 105 cm³/mol. The molecule has 2 aromatic carbocycles. The van der Waals surface area contributed by atoms with Gasteiger partial charge in [-0.2, -0.15) is 0 Å². The minimum absolute atomic E-state index is 0. The minimum Gasteiger partial charge on any atom is -0.302 e. The lowest BCUT2D eigenvalue weighted by Crippen LogP contribution is -2.44. The van der Waals surface area contributed by atoms with Crippen LogP contribution >= 0.6 is 12.4 Å². The SMILES string of the molecule is Cl.O=C=NC1CCN(CC23CC(c4ccccc42)c2ccccc23)CC1. The van der Waals surface area contributed by atoms with Crippen LogP contribution < -0.4 is 0 Å². The van der Waals surface area contributed by atoms with Gasteiger partial charge in [0.1, 0.15) is 0 Å². The van der Waals surface area contributed by atoms with Gasteiger partial charge >= 0.3 is 0 Å². The highest BCUT2D eigenvalue weighted by Crippen LogP contribution is 2.60. The molecular weight excluding hydrogens is 344 g/mol. The molecule has 3 aliphatic rings. The number of piperidine rings is 1. The summed E-state index contributed by atoms with van der Waals surface area (Å²) in [6, 6.07) is 18.2. The molecule has 1 fully saturated rings.